The van der Waals surface area contributed by atoms with Crippen LogP contribution in [-0.4, -0.2) is 47.1 Å². The molecular weight excluding hydrogens is 258 g/mol. The second-order valence-corrected chi connectivity index (χ2v) is 8.51. The Hall–Kier alpha value is -0.220. The third-order valence-corrected chi connectivity index (χ3v) is 5.32. The molecular formula is C15H27NO2S. The van der Waals surface area contributed by atoms with Crippen molar-refractivity contribution >= 4 is 17.7 Å². The summed E-state index contributed by atoms with van der Waals surface area (Å²) < 4.78 is 5.65. The number of likely N-dealkylation sites (tertiary alicyclic amines) is 1. The molecule has 0 bridgehead atoms. The molecule has 2 rings (SSSR count). The van der Waals surface area contributed by atoms with Crippen molar-refractivity contribution < 1.29 is 9.53 Å². The van der Waals surface area contributed by atoms with Gasteiger partial charge in [-0.05, 0) is 25.7 Å². The zero-order valence-corrected chi connectivity index (χ0v) is 13.3. The molecule has 110 valence electrons. The fourth-order valence-electron chi connectivity index (χ4n) is 2.77. The van der Waals surface area contributed by atoms with E-state index < -0.39 is 0 Å². The van der Waals surface area contributed by atoms with Crippen molar-refractivity contribution in [2.24, 2.45) is 5.92 Å². The number of carbonyl (C=O) groups excluding carboxylic acids is 1. The highest BCUT2D eigenvalue weighted by Crippen LogP contribution is 2.30. The van der Waals surface area contributed by atoms with Crippen LogP contribution in [-0.2, 0) is 9.53 Å². The number of amides is 1. The molecule has 0 aliphatic carbocycles. The fraction of sp³-hybridized carbons (Fsp3) is 0.933. The molecule has 0 unspecified atom stereocenters. The minimum absolute atomic E-state index is 0.125. The van der Waals surface area contributed by atoms with E-state index in [2.05, 4.69) is 25.7 Å². The number of ether oxygens (including phenoxy) is 1. The first-order valence-electron chi connectivity index (χ1n) is 7.49. The number of thioether (sulfide) groups is 1. The van der Waals surface area contributed by atoms with Crippen molar-refractivity contribution in [1.29, 1.82) is 0 Å². The molecule has 2 fully saturated rings. The Labute approximate surface area is 121 Å². The van der Waals surface area contributed by atoms with Gasteiger partial charge in [-0.2, -0.15) is 11.8 Å². The summed E-state index contributed by atoms with van der Waals surface area (Å²) in [6.45, 7) is 9.08. The lowest BCUT2D eigenvalue weighted by Crippen LogP contribution is -2.48. The Morgan fingerprint density at radius 3 is 2.74 bits per heavy atom. The Balaban J connectivity index is 1.93. The number of hydrogen-bond acceptors (Lipinski definition) is 3. The molecule has 0 aromatic carbocycles. The van der Waals surface area contributed by atoms with Crippen LogP contribution in [0.5, 0.6) is 0 Å². The van der Waals surface area contributed by atoms with Crippen molar-refractivity contribution in [2.45, 2.75) is 57.2 Å². The Morgan fingerprint density at radius 1 is 1.32 bits per heavy atom. The van der Waals surface area contributed by atoms with Gasteiger partial charge >= 0.3 is 0 Å². The number of nitrogens with zero attached hydrogens (tertiary/aromatic N) is 1. The molecule has 0 radical (unpaired) electrons. The third kappa shape index (κ3) is 4.38. The molecule has 19 heavy (non-hydrogen) atoms. The Bertz CT molecular complexity index is 308. The van der Waals surface area contributed by atoms with Crippen molar-refractivity contribution in [3.63, 3.8) is 0 Å². The smallest absolute Gasteiger partial charge is 0.228 e. The first-order valence-corrected chi connectivity index (χ1v) is 8.48. The van der Waals surface area contributed by atoms with E-state index in [-0.39, 0.29) is 10.7 Å². The maximum Gasteiger partial charge on any atom is 0.228 e. The van der Waals surface area contributed by atoms with Gasteiger partial charge in [0.25, 0.3) is 0 Å². The lowest BCUT2D eigenvalue weighted by atomic mass is 9.99. The molecule has 2 atom stereocenters. The van der Waals surface area contributed by atoms with E-state index in [1.807, 2.05) is 11.8 Å². The lowest BCUT2D eigenvalue weighted by molar-refractivity contribution is -0.138. The zero-order valence-electron chi connectivity index (χ0n) is 12.5. The molecule has 0 aromatic heterocycles. The van der Waals surface area contributed by atoms with Gasteiger partial charge in [0.1, 0.15) is 0 Å². The Kier molecular flexibility index (Phi) is 5.18. The summed E-state index contributed by atoms with van der Waals surface area (Å²) in [5.41, 5.74) is 0. The number of carbonyl (C=O) groups is 1. The van der Waals surface area contributed by atoms with Gasteiger partial charge in [-0.1, -0.05) is 20.8 Å². The second-order valence-electron chi connectivity index (χ2n) is 6.67. The van der Waals surface area contributed by atoms with Crippen LogP contribution in [0.1, 0.15) is 46.5 Å². The van der Waals surface area contributed by atoms with Crippen molar-refractivity contribution in [3.8, 4) is 0 Å². The monoisotopic (exact) mass is 285 g/mol. The summed E-state index contributed by atoms with van der Waals surface area (Å²) >= 11 is 1.98. The van der Waals surface area contributed by atoms with Crippen molar-refractivity contribution in [1.82, 2.24) is 4.90 Å². The van der Waals surface area contributed by atoms with Crippen molar-refractivity contribution in [2.75, 3.05) is 25.5 Å². The predicted octanol–water partition coefficient (Wildman–Crippen LogP) is 2.94. The van der Waals surface area contributed by atoms with Gasteiger partial charge in [-0.25, -0.2) is 0 Å². The van der Waals surface area contributed by atoms with E-state index in [1.165, 1.54) is 12.8 Å². The highest BCUT2D eigenvalue weighted by atomic mass is 32.2. The largest absolute Gasteiger partial charge is 0.381 e. The minimum atomic E-state index is 0.125. The molecule has 0 N–H and O–H groups in total. The SMILES string of the molecule is CC(C)(C)SC[C@H]1CCCCN1C(=O)[C@H]1CCOC1. The molecule has 2 aliphatic rings. The highest BCUT2D eigenvalue weighted by Gasteiger charge is 2.33. The maximum atomic E-state index is 12.6. The summed E-state index contributed by atoms with van der Waals surface area (Å²) in [7, 11) is 0. The van der Waals surface area contributed by atoms with E-state index in [0.717, 1.165) is 31.7 Å². The lowest BCUT2D eigenvalue weighted by Gasteiger charge is -2.38. The van der Waals surface area contributed by atoms with Gasteiger partial charge < -0.3 is 9.64 Å². The van der Waals surface area contributed by atoms with E-state index in [0.29, 0.717) is 18.6 Å². The van der Waals surface area contributed by atoms with E-state index in [9.17, 15) is 4.79 Å². The summed E-state index contributed by atoms with van der Waals surface area (Å²) in [6.07, 6.45) is 4.51. The van der Waals surface area contributed by atoms with Crippen LogP contribution < -0.4 is 0 Å². The molecule has 2 heterocycles. The standard InChI is InChI=1S/C15H27NO2S/c1-15(2,3)19-11-13-6-4-5-8-16(13)14(17)12-7-9-18-10-12/h12-13H,4-11H2,1-3H3/t12-,13+/m0/s1. The van der Waals surface area contributed by atoms with Crippen LogP contribution in [0.4, 0.5) is 0 Å². The molecule has 0 saturated carbocycles. The van der Waals surface area contributed by atoms with Crippen molar-refractivity contribution in [3.05, 3.63) is 0 Å². The average molecular weight is 285 g/mol. The molecule has 2 aliphatic heterocycles. The fourth-order valence-corrected chi connectivity index (χ4v) is 3.81. The summed E-state index contributed by atoms with van der Waals surface area (Å²) in [5, 5.41) is 0. The van der Waals surface area contributed by atoms with Gasteiger partial charge in [0, 0.05) is 29.7 Å². The van der Waals surface area contributed by atoms with Gasteiger partial charge in [-0.15, -0.1) is 0 Å². The topological polar surface area (TPSA) is 29.5 Å². The number of hydrogen-bond donors (Lipinski definition) is 0. The van der Waals surface area contributed by atoms with E-state index >= 15 is 0 Å². The Morgan fingerprint density at radius 2 is 2.11 bits per heavy atom. The zero-order chi connectivity index (χ0) is 13.9. The first kappa shape index (κ1) is 15.2. The average Bonchev–Trinajstić information content (AvgIpc) is 2.89. The number of piperidine rings is 1. The summed E-state index contributed by atoms with van der Waals surface area (Å²) in [4.78, 5) is 14.7. The molecule has 4 heteroatoms. The van der Waals surface area contributed by atoms with E-state index in [4.69, 9.17) is 4.74 Å². The quantitative estimate of drug-likeness (QED) is 0.798. The summed E-state index contributed by atoms with van der Waals surface area (Å²) in [6, 6.07) is 0.436. The normalized spacial score (nSPS) is 28.7. The predicted molar refractivity (Wildman–Crippen MR) is 80.5 cm³/mol. The second kappa shape index (κ2) is 6.49. The molecule has 0 aromatic rings. The minimum Gasteiger partial charge on any atom is -0.381 e. The molecule has 1 amide bonds. The van der Waals surface area contributed by atoms with Gasteiger partial charge in [0.15, 0.2) is 0 Å². The van der Waals surface area contributed by atoms with Crippen LogP contribution in [0, 0.1) is 5.92 Å². The third-order valence-electron chi connectivity index (χ3n) is 3.90. The molecule has 3 nitrogen and oxygen atoms in total. The maximum absolute atomic E-state index is 12.6. The van der Waals surface area contributed by atoms with Crippen LogP contribution in [0.15, 0.2) is 0 Å². The van der Waals surface area contributed by atoms with Crippen LogP contribution in [0.2, 0.25) is 0 Å². The summed E-state index contributed by atoms with van der Waals surface area (Å²) in [5.74, 6) is 1.54. The van der Waals surface area contributed by atoms with E-state index in [1.54, 1.807) is 0 Å². The molecule has 2 saturated heterocycles. The van der Waals surface area contributed by atoms with Crippen LogP contribution in [0.25, 0.3) is 0 Å². The van der Waals surface area contributed by atoms with Gasteiger partial charge in [0.2, 0.25) is 5.91 Å². The van der Waals surface area contributed by atoms with Gasteiger partial charge in [-0.3, -0.25) is 4.79 Å². The van der Waals surface area contributed by atoms with Crippen LogP contribution in [0.3, 0.4) is 0 Å². The number of rotatable bonds is 3. The molecule has 0 spiro atoms. The van der Waals surface area contributed by atoms with Crippen LogP contribution >= 0.6 is 11.8 Å². The van der Waals surface area contributed by atoms with Gasteiger partial charge in [0.05, 0.1) is 12.5 Å². The first-order chi connectivity index (χ1) is 8.97. The highest BCUT2D eigenvalue weighted by molar-refractivity contribution is 8.00.